The van der Waals surface area contributed by atoms with Crippen LogP contribution in [0.2, 0.25) is 0 Å². The zero-order chi connectivity index (χ0) is 13.5. The molecule has 1 heterocycles. The molecule has 1 amide bonds. The lowest BCUT2D eigenvalue weighted by Gasteiger charge is -2.03. The molecule has 1 N–H and O–H groups in total. The van der Waals surface area contributed by atoms with Crippen LogP contribution in [-0.4, -0.2) is 5.91 Å². The second-order valence-electron chi connectivity index (χ2n) is 3.89. The average molecular weight is 268 g/mol. The molecule has 0 aliphatic rings. The van der Waals surface area contributed by atoms with E-state index in [0.29, 0.717) is 6.54 Å². The van der Waals surface area contributed by atoms with Crippen molar-refractivity contribution in [1.82, 2.24) is 5.32 Å². The molecule has 19 heavy (non-hydrogen) atoms. The second kappa shape index (κ2) is 6.53. The number of rotatable bonds is 4. The first kappa shape index (κ1) is 13.1. The van der Waals surface area contributed by atoms with E-state index in [0.717, 1.165) is 11.1 Å². The minimum absolute atomic E-state index is 0.120. The summed E-state index contributed by atoms with van der Waals surface area (Å²) in [5, 5.41) is 15.5. The molecule has 0 fully saturated rings. The molecule has 0 atom stereocenters. The number of hydrogen-bond donors (Lipinski definition) is 1. The van der Waals surface area contributed by atoms with E-state index >= 15 is 0 Å². The van der Waals surface area contributed by atoms with Crippen LogP contribution in [0.15, 0.2) is 52.7 Å². The van der Waals surface area contributed by atoms with Crippen molar-refractivity contribution in [3.05, 3.63) is 63.9 Å². The lowest BCUT2D eigenvalue weighted by molar-refractivity contribution is -0.117. The lowest BCUT2D eigenvalue weighted by Crippen LogP contribution is -2.23. The van der Waals surface area contributed by atoms with Gasteiger partial charge in [0.1, 0.15) is 11.6 Å². The third-order valence-electron chi connectivity index (χ3n) is 2.52. The molecule has 4 heteroatoms. The predicted molar refractivity (Wildman–Crippen MR) is 76.2 cm³/mol. The number of nitrogens with zero attached hydrogens (tertiary/aromatic N) is 1. The fourth-order valence-corrected chi connectivity index (χ4v) is 2.16. The number of nitriles is 1. The molecule has 0 radical (unpaired) electrons. The maximum Gasteiger partial charge on any atom is 0.262 e. The highest BCUT2D eigenvalue weighted by Gasteiger charge is 2.08. The highest BCUT2D eigenvalue weighted by atomic mass is 32.1. The van der Waals surface area contributed by atoms with Gasteiger partial charge in [0, 0.05) is 6.54 Å². The lowest BCUT2D eigenvalue weighted by atomic mass is 10.2. The van der Waals surface area contributed by atoms with Crippen LogP contribution < -0.4 is 5.32 Å². The van der Waals surface area contributed by atoms with Gasteiger partial charge in [-0.2, -0.15) is 16.6 Å². The van der Waals surface area contributed by atoms with E-state index in [1.165, 1.54) is 11.3 Å². The van der Waals surface area contributed by atoms with Crippen LogP contribution in [0.25, 0.3) is 6.08 Å². The Labute approximate surface area is 115 Å². The normalized spacial score (nSPS) is 10.8. The topological polar surface area (TPSA) is 52.9 Å². The number of thiophene rings is 1. The average Bonchev–Trinajstić information content (AvgIpc) is 2.96. The van der Waals surface area contributed by atoms with Crippen molar-refractivity contribution in [1.29, 1.82) is 5.26 Å². The Bertz CT molecular complexity index is 609. The predicted octanol–water partition coefficient (Wildman–Crippen LogP) is 2.97. The molecule has 3 nitrogen and oxygen atoms in total. The van der Waals surface area contributed by atoms with Crippen LogP contribution in [0.1, 0.15) is 11.1 Å². The van der Waals surface area contributed by atoms with Gasteiger partial charge in [-0.1, -0.05) is 30.3 Å². The molecule has 1 aromatic heterocycles. The van der Waals surface area contributed by atoms with E-state index in [1.54, 1.807) is 6.08 Å². The molecule has 0 spiro atoms. The first-order valence-electron chi connectivity index (χ1n) is 5.75. The van der Waals surface area contributed by atoms with Gasteiger partial charge in [-0.05, 0) is 34.0 Å². The van der Waals surface area contributed by atoms with E-state index in [-0.39, 0.29) is 11.5 Å². The summed E-state index contributed by atoms with van der Waals surface area (Å²) < 4.78 is 0. The summed E-state index contributed by atoms with van der Waals surface area (Å²) in [7, 11) is 0. The Hall–Kier alpha value is -2.38. The van der Waals surface area contributed by atoms with E-state index in [9.17, 15) is 4.79 Å². The molecular formula is C15H12N2OS. The molecule has 94 valence electrons. The van der Waals surface area contributed by atoms with Crippen LogP contribution in [0, 0.1) is 11.3 Å². The van der Waals surface area contributed by atoms with Crippen molar-refractivity contribution in [3.8, 4) is 6.07 Å². The Morgan fingerprint density at radius 2 is 2.11 bits per heavy atom. The highest BCUT2D eigenvalue weighted by Crippen LogP contribution is 2.11. The Morgan fingerprint density at radius 1 is 1.32 bits per heavy atom. The summed E-state index contributed by atoms with van der Waals surface area (Å²) in [5.41, 5.74) is 1.99. The van der Waals surface area contributed by atoms with Gasteiger partial charge < -0.3 is 5.32 Å². The van der Waals surface area contributed by atoms with Gasteiger partial charge in [0.25, 0.3) is 5.91 Å². The van der Waals surface area contributed by atoms with Crippen molar-refractivity contribution in [2.75, 3.05) is 0 Å². The van der Waals surface area contributed by atoms with Crippen LogP contribution in [0.5, 0.6) is 0 Å². The number of carbonyl (C=O) groups is 1. The summed E-state index contributed by atoms with van der Waals surface area (Å²) in [6, 6.07) is 13.4. The van der Waals surface area contributed by atoms with Gasteiger partial charge >= 0.3 is 0 Å². The molecule has 0 bridgehead atoms. The Balaban J connectivity index is 2.01. The number of hydrogen-bond acceptors (Lipinski definition) is 3. The molecule has 0 aliphatic heterocycles. The molecule has 0 saturated carbocycles. The highest BCUT2D eigenvalue weighted by molar-refractivity contribution is 7.08. The smallest absolute Gasteiger partial charge is 0.262 e. The summed E-state index contributed by atoms with van der Waals surface area (Å²) >= 11 is 1.53. The zero-order valence-corrected chi connectivity index (χ0v) is 11.0. The zero-order valence-electron chi connectivity index (χ0n) is 10.2. The monoisotopic (exact) mass is 268 g/mol. The Kier molecular flexibility index (Phi) is 4.49. The SMILES string of the molecule is N#CC(=Cc1ccsc1)C(=O)NCc1ccccc1. The first-order chi connectivity index (χ1) is 9.29. The van der Waals surface area contributed by atoms with Gasteiger partial charge in [0.05, 0.1) is 0 Å². The summed E-state index contributed by atoms with van der Waals surface area (Å²) in [6.45, 7) is 0.419. The Morgan fingerprint density at radius 3 is 2.74 bits per heavy atom. The number of nitrogens with one attached hydrogen (secondary N) is 1. The van der Waals surface area contributed by atoms with Crippen LogP contribution >= 0.6 is 11.3 Å². The fourth-order valence-electron chi connectivity index (χ4n) is 1.55. The molecular weight excluding hydrogens is 256 g/mol. The maximum atomic E-state index is 11.9. The van der Waals surface area contributed by atoms with Gasteiger partial charge in [-0.15, -0.1) is 0 Å². The van der Waals surface area contributed by atoms with Gasteiger partial charge in [-0.3, -0.25) is 4.79 Å². The first-order valence-corrected chi connectivity index (χ1v) is 6.70. The molecule has 1 aromatic carbocycles. The van der Waals surface area contributed by atoms with E-state index in [2.05, 4.69) is 5.32 Å². The third kappa shape index (κ3) is 3.80. The van der Waals surface area contributed by atoms with Crippen molar-refractivity contribution >= 4 is 23.3 Å². The molecule has 2 rings (SSSR count). The maximum absolute atomic E-state index is 11.9. The van der Waals surface area contributed by atoms with Crippen molar-refractivity contribution in [3.63, 3.8) is 0 Å². The molecule has 0 saturated heterocycles. The number of benzene rings is 1. The van der Waals surface area contributed by atoms with Crippen LogP contribution in [0.3, 0.4) is 0 Å². The summed E-state index contributed by atoms with van der Waals surface area (Å²) in [4.78, 5) is 11.9. The van der Waals surface area contributed by atoms with Crippen molar-refractivity contribution in [2.24, 2.45) is 0 Å². The van der Waals surface area contributed by atoms with Crippen molar-refractivity contribution in [2.45, 2.75) is 6.54 Å². The van der Waals surface area contributed by atoms with E-state index in [4.69, 9.17) is 5.26 Å². The standard InChI is InChI=1S/C15H12N2OS/c16-9-14(8-13-6-7-19-11-13)15(18)17-10-12-4-2-1-3-5-12/h1-8,11H,10H2,(H,17,18). The van der Waals surface area contributed by atoms with E-state index in [1.807, 2.05) is 53.2 Å². The number of carbonyl (C=O) groups excluding carboxylic acids is 1. The third-order valence-corrected chi connectivity index (χ3v) is 3.22. The van der Waals surface area contributed by atoms with E-state index < -0.39 is 0 Å². The van der Waals surface area contributed by atoms with Crippen LogP contribution in [0.4, 0.5) is 0 Å². The molecule has 0 unspecified atom stereocenters. The molecule has 0 aliphatic carbocycles. The number of amides is 1. The quantitative estimate of drug-likeness (QED) is 0.684. The summed E-state index contributed by atoms with van der Waals surface area (Å²) in [5.74, 6) is -0.349. The fraction of sp³-hybridized carbons (Fsp3) is 0.0667. The largest absolute Gasteiger partial charge is 0.347 e. The minimum Gasteiger partial charge on any atom is -0.347 e. The van der Waals surface area contributed by atoms with Gasteiger partial charge in [0.2, 0.25) is 0 Å². The second-order valence-corrected chi connectivity index (χ2v) is 4.67. The molecule has 2 aromatic rings. The van der Waals surface area contributed by atoms with Gasteiger partial charge in [-0.25, -0.2) is 0 Å². The van der Waals surface area contributed by atoms with Gasteiger partial charge in [0.15, 0.2) is 0 Å². The summed E-state index contributed by atoms with van der Waals surface area (Å²) in [6.07, 6.45) is 1.59. The van der Waals surface area contributed by atoms with Crippen molar-refractivity contribution < 1.29 is 4.79 Å². The minimum atomic E-state index is -0.349. The van der Waals surface area contributed by atoms with Crippen LogP contribution in [-0.2, 0) is 11.3 Å².